The molecule has 0 aliphatic carbocycles. The molecule has 1 aromatic carbocycles. The average molecular weight is 335 g/mol. The Morgan fingerprint density at radius 3 is 2.32 bits per heavy atom. The summed E-state index contributed by atoms with van der Waals surface area (Å²) in [5, 5.41) is 41.1. The van der Waals surface area contributed by atoms with Crippen LogP contribution in [0.1, 0.15) is 5.56 Å². The summed E-state index contributed by atoms with van der Waals surface area (Å²) in [6.07, 6.45) is 0. The van der Waals surface area contributed by atoms with Crippen LogP contribution in [0.3, 0.4) is 0 Å². The molecule has 8 heteroatoms. The van der Waals surface area contributed by atoms with Gasteiger partial charge in [-0.1, -0.05) is 15.9 Å². The number of hydrogen-bond acceptors (Lipinski definition) is 6. The Kier molecular flexibility index (Phi) is 5.83. The minimum Gasteiger partial charge on any atom is -0.394 e. The Morgan fingerprint density at radius 1 is 1.26 bits per heavy atom. The van der Waals surface area contributed by atoms with Crippen molar-refractivity contribution in [1.29, 1.82) is 0 Å². The van der Waals surface area contributed by atoms with Crippen LogP contribution in [0.25, 0.3) is 0 Å². The van der Waals surface area contributed by atoms with Crippen molar-refractivity contribution in [1.82, 2.24) is 5.32 Å². The second-order valence-corrected chi connectivity index (χ2v) is 5.05. The zero-order chi connectivity index (χ0) is 14.5. The van der Waals surface area contributed by atoms with Gasteiger partial charge in [0, 0.05) is 22.6 Å². The average Bonchev–Trinajstić information content (AvgIpc) is 2.40. The van der Waals surface area contributed by atoms with Crippen molar-refractivity contribution in [2.75, 3.05) is 19.8 Å². The van der Waals surface area contributed by atoms with E-state index in [4.69, 9.17) is 15.3 Å². The van der Waals surface area contributed by atoms with Gasteiger partial charge in [-0.25, -0.2) is 0 Å². The monoisotopic (exact) mass is 334 g/mol. The maximum absolute atomic E-state index is 10.9. The van der Waals surface area contributed by atoms with Gasteiger partial charge in [0.15, 0.2) is 0 Å². The Balaban J connectivity index is 2.93. The molecule has 0 heterocycles. The van der Waals surface area contributed by atoms with Crippen LogP contribution in [0.15, 0.2) is 22.7 Å². The molecule has 1 aromatic rings. The fourth-order valence-corrected chi connectivity index (χ4v) is 1.88. The lowest BCUT2D eigenvalue weighted by atomic mass is 10.0. The molecule has 0 aromatic heterocycles. The summed E-state index contributed by atoms with van der Waals surface area (Å²) >= 11 is 3.22. The molecule has 19 heavy (non-hydrogen) atoms. The van der Waals surface area contributed by atoms with Crippen molar-refractivity contribution >= 4 is 21.6 Å². The van der Waals surface area contributed by atoms with E-state index in [1.54, 1.807) is 12.1 Å². The first-order valence-corrected chi connectivity index (χ1v) is 6.28. The van der Waals surface area contributed by atoms with Crippen LogP contribution in [-0.2, 0) is 6.54 Å². The highest BCUT2D eigenvalue weighted by atomic mass is 79.9. The highest BCUT2D eigenvalue weighted by molar-refractivity contribution is 9.10. The molecule has 0 fully saturated rings. The fourth-order valence-electron chi connectivity index (χ4n) is 1.47. The number of aliphatic hydroxyl groups is 3. The van der Waals surface area contributed by atoms with E-state index in [0.29, 0.717) is 10.0 Å². The quantitative estimate of drug-likeness (QED) is 0.417. The van der Waals surface area contributed by atoms with Gasteiger partial charge in [0.1, 0.15) is 0 Å². The molecule has 0 amide bonds. The van der Waals surface area contributed by atoms with Crippen LogP contribution in [-0.4, -0.2) is 45.6 Å². The third-order valence-corrected chi connectivity index (χ3v) is 3.29. The molecule has 0 spiro atoms. The normalized spacial score (nSPS) is 11.6. The van der Waals surface area contributed by atoms with Gasteiger partial charge >= 0.3 is 0 Å². The number of nitrogens with zero attached hydrogens (tertiary/aromatic N) is 1. The van der Waals surface area contributed by atoms with Gasteiger partial charge in [0.25, 0.3) is 5.69 Å². The van der Waals surface area contributed by atoms with E-state index >= 15 is 0 Å². The van der Waals surface area contributed by atoms with Gasteiger partial charge in [-0.05, 0) is 12.1 Å². The summed E-state index contributed by atoms with van der Waals surface area (Å²) in [6.45, 7) is -1.41. The zero-order valence-electron chi connectivity index (χ0n) is 10.0. The number of nitro benzene ring substituents is 1. The van der Waals surface area contributed by atoms with Gasteiger partial charge in [-0.2, -0.15) is 0 Å². The number of rotatable bonds is 7. The number of benzene rings is 1. The van der Waals surface area contributed by atoms with E-state index in [1.165, 1.54) is 6.07 Å². The van der Waals surface area contributed by atoms with E-state index in [0.717, 1.165) is 0 Å². The number of nitro groups is 1. The summed E-state index contributed by atoms with van der Waals surface area (Å²) in [5.41, 5.74) is -0.951. The molecular formula is C11H15BrN2O5. The lowest BCUT2D eigenvalue weighted by Crippen LogP contribution is -2.54. The van der Waals surface area contributed by atoms with Crippen molar-refractivity contribution < 1.29 is 20.2 Å². The standard InChI is InChI=1S/C11H15BrN2O5/c12-9-1-2-10(14(18)19)8(3-9)4-13-11(5-15,6-16)7-17/h1-3,13,15-17H,4-7H2. The lowest BCUT2D eigenvalue weighted by molar-refractivity contribution is -0.385. The number of nitrogens with one attached hydrogen (secondary N) is 1. The first-order chi connectivity index (χ1) is 8.98. The lowest BCUT2D eigenvalue weighted by Gasteiger charge is -2.28. The number of halogens is 1. The molecule has 4 N–H and O–H groups in total. The highest BCUT2D eigenvalue weighted by Gasteiger charge is 2.28. The van der Waals surface area contributed by atoms with E-state index in [1.807, 2.05) is 0 Å². The van der Waals surface area contributed by atoms with Gasteiger partial charge < -0.3 is 20.6 Å². The van der Waals surface area contributed by atoms with Crippen molar-refractivity contribution in [2.45, 2.75) is 12.1 Å². The van der Waals surface area contributed by atoms with Crippen LogP contribution in [0.4, 0.5) is 5.69 Å². The Hall–Kier alpha value is -1.06. The van der Waals surface area contributed by atoms with Crippen LogP contribution in [0.5, 0.6) is 0 Å². The smallest absolute Gasteiger partial charge is 0.273 e. The molecular weight excluding hydrogens is 320 g/mol. The maximum atomic E-state index is 10.9. The molecule has 106 valence electrons. The third kappa shape index (κ3) is 3.95. The Morgan fingerprint density at radius 2 is 1.84 bits per heavy atom. The minimum atomic E-state index is -1.27. The van der Waals surface area contributed by atoms with Crippen molar-refractivity contribution in [2.24, 2.45) is 0 Å². The van der Waals surface area contributed by atoms with Gasteiger partial charge in [-0.15, -0.1) is 0 Å². The third-order valence-electron chi connectivity index (χ3n) is 2.80. The molecule has 0 bridgehead atoms. The first-order valence-electron chi connectivity index (χ1n) is 5.48. The summed E-state index contributed by atoms with van der Waals surface area (Å²) in [6, 6.07) is 4.49. The van der Waals surface area contributed by atoms with Crippen LogP contribution in [0.2, 0.25) is 0 Å². The van der Waals surface area contributed by atoms with Crippen molar-refractivity contribution in [3.05, 3.63) is 38.3 Å². The Labute approximate surface area is 118 Å². The summed E-state index contributed by atoms with van der Waals surface area (Å²) in [4.78, 5) is 10.4. The number of aliphatic hydroxyl groups excluding tert-OH is 3. The van der Waals surface area contributed by atoms with E-state index in [-0.39, 0.29) is 12.2 Å². The van der Waals surface area contributed by atoms with Crippen molar-refractivity contribution in [3.8, 4) is 0 Å². The van der Waals surface area contributed by atoms with Crippen LogP contribution >= 0.6 is 15.9 Å². The second kappa shape index (κ2) is 6.92. The zero-order valence-corrected chi connectivity index (χ0v) is 11.6. The molecule has 1 rings (SSSR count). The minimum absolute atomic E-state index is 0.0391. The topological polar surface area (TPSA) is 116 Å². The fraction of sp³-hybridized carbons (Fsp3) is 0.455. The predicted octanol–water partition coefficient (Wildman–Crippen LogP) is 0.163. The van der Waals surface area contributed by atoms with Crippen LogP contribution in [0, 0.1) is 10.1 Å². The predicted molar refractivity (Wildman–Crippen MR) is 71.6 cm³/mol. The summed E-state index contributed by atoms with van der Waals surface area (Å²) < 4.78 is 0.678. The number of hydrogen-bond donors (Lipinski definition) is 4. The molecule has 0 aliphatic heterocycles. The summed E-state index contributed by atoms with van der Waals surface area (Å²) in [5.74, 6) is 0. The van der Waals surface area contributed by atoms with Gasteiger partial charge in [0.2, 0.25) is 0 Å². The Bertz CT molecular complexity index is 442. The molecule has 7 nitrogen and oxygen atoms in total. The van der Waals surface area contributed by atoms with Gasteiger partial charge in [0.05, 0.1) is 30.3 Å². The largest absolute Gasteiger partial charge is 0.394 e. The van der Waals surface area contributed by atoms with E-state index in [9.17, 15) is 10.1 Å². The molecule has 0 unspecified atom stereocenters. The first kappa shape index (κ1) is 16.0. The van der Waals surface area contributed by atoms with Crippen molar-refractivity contribution in [3.63, 3.8) is 0 Å². The second-order valence-electron chi connectivity index (χ2n) is 4.14. The highest BCUT2D eigenvalue weighted by Crippen LogP contribution is 2.23. The molecule has 0 aliphatic rings. The van der Waals surface area contributed by atoms with E-state index in [2.05, 4.69) is 21.2 Å². The van der Waals surface area contributed by atoms with Crippen LogP contribution < -0.4 is 5.32 Å². The summed E-state index contributed by atoms with van der Waals surface area (Å²) in [7, 11) is 0. The molecule has 0 saturated heterocycles. The van der Waals surface area contributed by atoms with E-state index < -0.39 is 30.3 Å². The SMILES string of the molecule is O=[N+]([O-])c1ccc(Br)cc1CNC(CO)(CO)CO. The molecule has 0 radical (unpaired) electrons. The molecule has 0 atom stereocenters. The molecule has 0 saturated carbocycles. The maximum Gasteiger partial charge on any atom is 0.273 e. The van der Waals surface area contributed by atoms with Gasteiger partial charge in [-0.3, -0.25) is 10.1 Å².